The molecule has 0 amide bonds. The molecule has 0 saturated carbocycles. The van der Waals surface area contributed by atoms with Crippen LogP contribution in [0.4, 0.5) is 0 Å². The standard InChI is InChI=1S/C59H120O4/c1-4-7-10-13-16-19-22-25-28-31-34-37-40-43-46-49-52-61-56-59(55-60,57-62-53-50-47-44-41-38-35-32-29-26-23-20-17-14-11-8-5-2)58-63-54-51-48-45-42-39-36-33-30-27-24-21-18-15-12-9-6-3/h60H,4-58H2,1-3H3. The Morgan fingerprint density at radius 3 is 0.508 bits per heavy atom. The molecule has 0 aromatic heterocycles. The highest BCUT2D eigenvalue weighted by Crippen LogP contribution is 2.22. The Morgan fingerprint density at radius 2 is 0.365 bits per heavy atom. The molecule has 0 aliphatic carbocycles. The van der Waals surface area contributed by atoms with Gasteiger partial charge in [-0.05, 0) is 19.3 Å². The van der Waals surface area contributed by atoms with Crippen molar-refractivity contribution in [2.75, 3.05) is 46.2 Å². The average molecular weight is 894 g/mol. The number of aliphatic hydroxyl groups excluding tert-OH is 1. The van der Waals surface area contributed by atoms with Crippen LogP contribution in [0, 0.1) is 5.41 Å². The van der Waals surface area contributed by atoms with Gasteiger partial charge in [0.25, 0.3) is 0 Å². The molecule has 4 heteroatoms. The van der Waals surface area contributed by atoms with Gasteiger partial charge in [-0.25, -0.2) is 0 Å². The molecule has 0 spiro atoms. The first-order valence-electron chi connectivity index (χ1n) is 29.6. The highest BCUT2D eigenvalue weighted by atomic mass is 16.5. The normalized spacial score (nSPS) is 12.0. The zero-order valence-electron chi connectivity index (χ0n) is 44.1. The number of unbranched alkanes of at least 4 members (excludes halogenated alkanes) is 45. The zero-order valence-corrected chi connectivity index (χ0v) is 44.1. The Balaban J connectivity index is 4.19. The second kappa shape index (κ2) is 56.2. The molecule has 0 radical (unpaired) electrons. The summed E-state index contributed by atoms with van der Waals surface area (Å²) < 4.78 is 18.8. The Kier molecular flexibility index (Phi) is 56.0. The van der Waals surface area contributed by atoms with Gasteiger partial charge in [0, 0.05) is 19.8 Å². The van der Waals surface area contributed by atoms with Crippen LogP contribution in [0.3, 0.4) is 0 Å². The van der Waals surface area contributed by atoms with E-state index in [4.69, 9.17) is 14.2 Å². The second-order valence-corrected chi connectivity index (χ2v) is 20.7. The van der Waals surface area contributed by atoms with E-state index in [9.17, 15) is 5.11 Å². The summed E-state index contributed by atoms with van der Waals surface area (Å²) in [6, 6.07) is 0. The molecule has 0 aromatic carbocycles. The van der Waals surface area contributed by atoms with Crippen molar-refractivity contribution in [2.24, 2.45) is 5.41 Å². The molecule has 0 aliphatic rings. The van der Waals surface area contributed by atoms with Gasteiger partial charge < -0.3 is 19.3 Å². The van der Waals surface area contributed by atoms with Gasteiger partial charge in [0.1, 0.15) is 0 Å². The molecule has 4 nitrogen and oxygen atoms in total. The first kappa shape index (κ1) is 62.8. The van der Waals surface area contributed by atoms with Crippen molar-refractivity contribution in [3.05, 3.63) is 0 Å². The molecule has 0 atom stereocenters. The Bertz CT molecular complexity index is 690. The van der Waals surface area contributed by atoms with Crippen molar-refractivity contribution in [1.29, 1.82) is 0 Å². The molecule has 380 valence electrons. The minimum atomic E-state index is -0.459. The van der Waals surface area contributed by atoms with Crippen LogP contribution in [0.25, 0.3) is 0 Å². The predicted molar refractivity (Wildman–Crippen MR) is 281 cm³/mol. The zero-order chi connectivity index (χ0) is 45.5. The van der Waals surface area contributed by atoms with Crippen molar-refractivity contribution in [3.8, 4) is 0 Å². The molecule has 1 N–H and O–H groups in total. The fourth-order valence-corrected chi connectivity index (χ4v) is 9.38. The van der Waals surface area contributed by atoms with E-state index in [0.717, 1.165) is 39.1 Å². The minimum absolute atomic E-state index is 0.0594. The molecule has 0 aliphatic heterocycles. The van der Waals surface area contributed by atoms with E-state index >= 15 is 0 Å². The number of aliphatic hydroxyl groups is 1. The smallest absolute Gasteiger partial charge is 0.0635 e. The molecule has 0 saturated heterocycles. The first-order valence-corrected chi connectivity index (χ1v) is 29.6. The van der Waals surface area contributed by atoms with E-state index in [1.54, 1.807) is 0 Å². The predicted octanol–water partition coefficient (Wildman–Crippen LogP) is 19.8. The van der Waals surface area contributed by atoms with E-state index in [2.05, 4.69) is 20.8 Å². The van der Waals surface area contributed by atoms with E-state index in [1.807, 2.05) is 0 Å². The van der Waals surface area contributed by atoms with E-state index in [1.165, 1.54) is 289 Å². The van der Waals surface area contributed by atoms with Gasteiger partial charge in [0.05, 0.1) is 31.8 Å². The van der Waals surface area contributed by atoms with Crippen LogP contribution in [0.5, 0.6) is 0 Å². The second-order valence-electron chi connectivity index (χ2n) is 20.7. The van der Waals surface area contributed by atoms with Crippen LogP contribution in [0.2, 0.25) is 0 Å². The van der Waals surface area contributed by atoms with Crippen LogP contribution in [0.1, 0.15) is 329 Å². The van der Waals surface area contributed by atoms with Crippen LogP contribution < -0.4 is 0 Å². The molecule has 0 rings (SSSR count). The van der Waals surface area contributed by atoms with E-state index in [-0.39, 0.29) is 6.61 Å². The molecular weight excluding hydrogens is 773 g/mol. The monoisotopic (exact) mass is 893 g/mol. The van der Waals surface area contributed by atoms with Crippen molar-refractivity contribution in [1.82, 2.24) is 0 Å². The Hall–Kier alpha value is -0.160. The lowest BCUT2D eigenvalue weighted by Gasteiger charge is -2.31. The molecule has 0 bridgehead atoms. The van der Waals surface area contributed by atoms with Gasteiger partial charge in [-0.2, -0.15) is 0 Å². The van der Waals surface area contributed by atoms with E-state index < -0.39 is 5.41 Å². The van der Waals surface area contributed by atoms with Crippen LogP contribution >= 0.6 is 0 Å². The average Bonchev–Trinajstić information content (AvgIpc) is 3.30. The maximum absolute atomic E-state index is 10.7. The summed E-state index contributed by atoms with van der Waals surface area (Å²) in [5, 5.41) is 10.7. The number of rotatable bonds is 58. The Morgan fingerprint density at radius 1 is 0.222 bits per heavy atom. The lowest BCUT2D eigenvalue weighted by atomic mass is 9.92. The van der Waals surface area contributed by atoms with Crippen molar-refractivity contribution in [3.63, 3.8) is 0 Å². The number of ether oxygens (including phenoxy) is 3. The topological polar surface area (TPSA) is 47.9 Å². The fraction of sp³-hybridized carbons (Fsp3) is 1.00. The summed E-state index contributed by atoms with van der Waals surface area (Å²) >= 11 is 0. The van der Waals surface area contributed by atoms with Gasteiger partial charge in [-0.3, -0.25) is 0 Å². The van der Waals surface area contributed by atoms with Crippen LogP contribution in [0.15, 0.2) is 0 Å². The third-order valence-electron chi connectivity index (χ3n) is 14.0. The molecule has 0 unspecified atom stereocenters. The SMILES string of the molecule is CCCCCCCCCCCCCCCCCCOCC(CO)(COCCCCCCCCCCCCCCCCCC)COCCCCCCCCCCCCCCCCCC. The lowest BCUT2D eigenvalue weighted by molar-refractivity contribution is -0.0937. The highest BCUT2D eigenvalue weighted by Gasteiger charge is 2.31. The summed E-state index contributed by atoms with van der Waals surface area (Å²) in [5.41, 5.74) is -0.459. The molecule has 0 fully saturated rings. The van der Waals surface area contributed by atoms with Gasteiger partial charge in [0.15, 0.2) is 0 Å². The Labute approximate surface area is 398 Å². The summed E-state index contributed by atoms with van der Waals surface area (Å²) in [7, 11) is 0. The quantitative estimate of drug-likeness (QED) is 0.0618. The third-order valence-corrected chi connectivity index (χ3v) is 14.0. The largest absolute Gasteiger partial charge is 0.396 e. The lowest BCUT2D eigenvalue weighted by Crippen LogP contribution is -2.41. The number of hydrogen-bond donors (Lipinski definition) is 1. The van der Waals surface area contributed by atoms with Crippen LogP contribution in [-0.2, 0) is 14.2 Å². The first-order chi connectivity index (χ1) is 31.2. The van der Waals surface area contributed by atoms with Gasteiger partial charge in [0.2, 0.25) is 0 Å². The maximum Gasteiger partial charge on any atom is 0.0635 e. The molecule has 0 heterocycles. The van der Waals surface area contributed by atoms with Gasteiger partial charge in [-0.1, -0.05) is 310 Å². The summed E-state index contributed by atoms with van der Waals surface area (Å²) in [4.78, 5) is 0. The van der Waals surface area contributed by atoms with Crippen molar-refractivity contribution < 1.29 is 19.3 Å². The third kappa shape index (κ3) is 51.1. The summed E-state index contributed by atoms with van der Waals surface area (Å²) in [6.07, 6.45) is 66.4. The van der Waals surface area contributed by atoms with Crippen LogP contribution in [-0.4, -0.2) is 51.4 Å². The van der Waals surface area contributed by atoms with Crippen molar-refractivity contribution >= 4 is 0 Å². The fourth-order valence-electron chi connectivity index (χ4n) is 9.38. The van der Waals surface area contributed by atoms with Gasteiger partial charge in [-0.15, -0.1) is 0 Å². The molecular formula is C59H120O4. The van der Waals surface area contributed by atoms with Gasteiger partial charge >= 0.3 is 0 Å². The maximum atomic E-state index is 10.7. The summed E-state index contributed by atoms with van der Waals surface area (Å²) in [5.74, 6) is 0. The van der Waals surface area contributed by atoms with Crippen molar-refractivity contribution in [2.45, 2.75) is 329 Å². The van der Waals surface area contributed by atoms with E-state index in [0.29, 0.717) is 19.8 Å². The molecule has 63 heavy (non-hydrogen) atoms. The number of hydrogen-bond acceptors (Lipinski definition) is 4. The molecule has 0 aromatic rings. The highest BCUT2D eigenvalue weighted by molar-refractivity contribution is 4.78. The summed E-state index contributed by atoms with van der Waals surface area (Å²) in [6.45, 7) is 10.9. The minimum Gasteiger partial charge on any atom is -0.396 e.